The molecule has 0 fully saturated rings. The van der Waals surface area contributed by atoms with Crippen LogP contribution in [0.25, 0.3) is 22.1 Å². The number of halogens is 1. The van der Waals surface area contributed by atoms with Gasteiger partial charge < -0.3 is 27.9 Å². The van der Waals surface area contributed by atoms with Crippen LogP contribution in [0, 0.1) is 13.8 Å². The summed E-state index contributed by atoms with van der Waals surface area (Å²) >= 11 is 5.78. The molecule has 0 unspecified atom stereocenters. The number of aromatic nitrogens is 6. The minimum Gasteiger partial charge on any atom is -0.383 e. The van der Waals surface area contributed by atoms with Crippen LogP contribution in [0.2, 0.25) is 5.15 Å². The highest BCUT2D eigenvalue weighted by molar-refractivity contribution is 6.30. The average Bonchev–Trinajstić information content (AvgIpc) is 2.52. The quantitative estimate of drug-likeness (QED) is 0.264. The maximum absolute atomic E-state index is 11.1. The molecule has 0 atom stereocenters. The van der Waals surface area contributed by atoms with Crippen LogP contribution >= 0.6 is 11.6 Å². The SMILES string of the molecule is Cc1cc(=O)[nH]c2nc(N)nc(N)c12.Cc1cc(Cl)nc2nc(N)nc(N)c12. The molecule has 0 aromatic carbocycles. The van der Waals surface area contributed by atoms with E-state index in [1.165, 1.54) is 6.07 Å². The topological polar surface area (TPSA) is 201 Å². The Bertz CT molecular complexity index is 1230. The predicted octanol–water partition coefficient (Wildman–Crippen LogP) is 0.942. The molecule has 4 rings (SSSR count). The number of fused-ring (bicyclic) bond motifs is 2. The van der Waals surface area contributed by atoms with Crippen molar-refractivity contribution in [3.8, 4) is 0 Å². The largest absolute Gasteiger partial charge is 0.383 e. The molecule has 9 N–H and O–H groups in total. The Morgan fingerprint density at radius 1 is 0.821 bits per heavy atom. The Morgan fingerprint density at radius 3 is 2.07 bits per heavy atom. The van der Waals surface area contributed by atoms with E-state index in [0.717, 1.165) is 11.1 Å². The summed E-state index contributed by atoms with van der Waals surface area (Å²) in [5, 5.41) is 1.70. The highest BCUT2D eigenvalue weighted by Crippen LogP contribution is 2.23. The second kappa shape index (κ2) is 7.12. The van der Waals surface area contributed by atoms with Gasteiger partial charge in [-0.3, -0.25) is 4.79 Å². The van der Waals surface area contributed by atoms with Crippen LogP contribution in [0.3, 0.4) is 0 Å². The van der Waals surface area contributed by atoms with E-state index < -0.39 is 0 Å². The number of hydrogen-bond acceptors (Lipinski definition) is 10. The molecule has 0 aliphatic rings. The fraction of sp³-hybridized carbons (Fsp3) is 0.125. The minimum atomic E-state index is -0.229. The molecule has 0 saturated carbocycles. The second-order valence-corrected chi connectivity index (χ2v) is 6.32. The van der Waals surface area contributed by atoms with Gasteiger partial charge in [-0.25, -0.2) is 4.98 Å². The molecule has 0 radical (unpaired) electrons. The van der Waals surface area contributed by atoms with Gasteiger partial charge in [0.05, 0.1) is 10.8 Å². The predicted molar refractivity (Wildman–Crippen MR) is 110 cm³/mol. The van der Waals surface area contributed by atoms with E-state index in [1.807, 2.05) is 6.92 Å². The molecule has 0 spiro atoms. The summed E-state index contributed by atoms with van der Waals surface area (Å²) < 4.78 is 0. The number of aromatic amines is 1. The van der Waals surface area contributed by atoms with Crippen molar-refractivity contribution in [2.45, 2.75) is 13.8 Å². The van der Waals surface area contributed by atoms with E-state index in [9.17, 15) is 4.79 Å². The van der Waals surface area contributed by atoms with Crippen LogP contribution in [-0.2, 0) is 0 Å². The Labute approximate surface area is 163 Å². The lowest BCUT2D eigenvalue weighted by Crippen LogP contribution is -2.09. The minimum absolute atomic E-state index is 0.0521. The van der Waals surface area contributed by atoms with Gasteiger partial charge >= 0.3 is 0 Å². The van der Waals surface area contributed by atoms with E-state index in [2.05, 4.69) is 29.9 Å². The second-order valence-electron chi connectivity index (χ2n) is 5.93. The smallest absolute Gasteiger partial charge is 0.249 e. The summed E-state index contributed by atoms with van der Waals surface area (Å²) in [5.41, 5.74) is 24.4. The number of aryl methyl sites for hydroxylation is 2. The molecule has 11 nitrogen and oxygen atoms in total. The van der Waals surface area contributed by atoms with Crippen LogP contribution in [0.4, 0.5) is 23.5 Å². The van der Waals surface area contributed by atoms with Gasteiger partial charge in [0.1, 0.15) is 22.4 Å². The highest BCUT2D eigenvalue weighted by Gasteiger charge is 2.08. The fourth-order valence-electron chi connectivity index (χ4n) is 2.72. The number of nitrogen functional groups attached to an aromatic ring is 4. The van der Waals surface area contributed by atoms with Crippen molar-refractivity contribution in [1.29, 1.82) is 0 Å². The number of nitrogens with two attached hydrogens (primary N) is 4. The van der Waals surface area contributed by atoms with E-state index in [4.69, 9.17) is 34.5 Å². The zero-order chi connectivity index (χ0) is 20.6. The van der Waals surface area contributed by atoms with Gasteiger partial charge in [0.15, 0.2) is 5.65 Å². The van der Waals surface area contributed by atoms with Crippen molar-refractivity contribution in [2.75, 3.05) is 22.9 Å². The van der Waals surface area contributed by atoms with Gasteiger partial charge in [-0.1, -0.05) is 11.6 Å². The molecule has 0 bridgehead atoms. The number of nitrogens with zero attached hydrogens (tertiary/aromatic N) is 5. The summed E-state index contributed by atoms with van der Waals surface area (Å²) in [4.78, 5) is 33.2. The standard InChI is InChI=1S/C8H8ClN5.C8H9N5O/c1-3-2-4(9)12-7-5(3)6(10)13-8(11)14-7;1-3-2-4(14)11-7-5(3)6(9)12-8(10)13-7/h2H,1H3,(H4,10,11,12,13,14);2H,1H3,(H5,9,10,11,12,13,14). The first-order valence-electron chi connectivity index (χ1n) is 7.94. The van der Waals surface area contributed by atoms with Gasteiger partial charge in [0.25, 0.3) is 0 Å². The number of rotatable bonds is 0. The molecule has 28 heavy (non-hydrogen) atoms. The average molecular weight is 401 g/mol. The van der Waals surface area contributed by atoms with Crippen molar-refractivity contribution in [2.24, 2.45) is 0 Å². The molecule has 0 amide bonds. The number of H-pyrrole nitrogens is 1. The number of hydrogen-bond donors (Lipinski definition) is 5. The fourth-order valence-corrected chi connectivity index (χ4v) is 2.97. The molecule has 4 heterocycles. The third-order valence-corrected chi connectivity index (χ3v) is 4.01. The van der Waals surface area contributed by atoms with Gasteiger partial charge in [0, 0.05) is 6.07 Å². The lowest BCUT2D eigenvalue weighted by molar-refractivity contribution is 1.17. The zero-order valence-electron chi connectivity index (χ0n) is 15.0. The first kappa shape index (κ1) is 19.0. The maximum atomic E-state index is 11.1. The van der Waals surface area contributed by atoms with Crippen LogP contribution in [-0.4, -0.2) is 29.9 Å². The molecule has 4 aromatic heterocycles. The monoisotopic (exact) mass is 400 g/mol. The first-order chi connectivity index (χ1) is 13.2. The summed E-state index contributed by atoms with van der Waals surface area (Å²) in [6.45, 7) is 3.64. The summed E-state index contributed by atoms with van der Waals surface area (Å²) in [7, 11) is 0. The Kier molecular flexibility index (Phi) is 4.84. The van der Waals surface area contributed by atoms with Crippen molar-refractivity contribution in [3.63, 3.8) is 0 Å². The van der Waals surface area contributed by atoms with E-state index in [1.54, 1.807) is 13.0 Å². The summed E-state index contributed by atoms with van der Waals surface area (Å²) in [5.74, 6) is 0.760. The van der Waals surface area contributed by atoms with Crippen molar-refractivity contribution in [1.82, 2.24) is 29.9 Å². The summed E-state index contributed by atoms with van der Waals surface area (Å²) in [6.07, 6.45) is 0. The number of pyridine rings is 2. The third-order valence-electron chi connectivity index (χ3n) is 3.82. The molecular weight excluding hydrogens is 384 g/mol. The normalized spacial score (nSPS) is 10.7. The molecule has 12 heteroatoms. The number of anilines is 4. The Hall–Kier alpha value is -3.73. The van der Waals surface area contributed by atoms with Gasteiger partial charge in [-0.2, -0.15) is 19.9 Å². The lowest BCUT2D eigenvalue weighted by atomic mass is 10.2. The van der Waals surface area contributed by atoms with Crippen LogP contribution in [0.5, 0.6) is 0 Å². The van der Waals surface area contributed by atoms with Crippen LogP contribution in [0.15, 0.2) is 16.9 Å². The Morgan fingerprint density at radius 2 is 1.39 bits per heavy atom. The molecule has 0 aliphatic heterocycles. The summed E-state index contributed by atoms with van der Waals surface area (Å²) in [6, 6.07) is 3.15. The highest BCUT2D eigenvalue weighted by atomic mass is 35.5. The maximum Gasteiger partial charge on any atom is 0.249 e. The molecule has 0 saturated heterocycles. The van der Waals surface area contributed by atoms with E-state index in [-0.39, 0.29) is 23.3 Å². The molecule has 4 aromatic rings. The van der Waals surface area contributed by atoms with E-state index >= 15 is 0 Å². The van der Waals surface area contributed by atoms with Crippen molar-refractivity contribution < 1.29 is 0 Å². The van der Waals surface area contributed by atoms with Gasteiger partial charge in [-0.15, -0.1) is 0 Å². The van der Waals surface area contributed by atoms with Crippen LogP contribution < -0.4 is 28.5 Å². The third kappa shape index (κ3) is 3.69. The molecule has 144 valence electrons. The van der Waals surface area contributed by atoms with Gasteiger partial charge in [0.2, 0.25) is 17.5 Å². The zero-order valence-corrected chi connectivity index (χ0v) is 15.7. The van der Waals surface area contributed by atoms with Crippen molar-refractivity contribution >= 4 is 57.2 Å². The van der Waals surface area contributed by atoms with Crippen molar-refractivity contribution in [3.05, 3.63) is 38.8 Å². The number of nitrogens with one attached hydrogen (secondary N) is 1. The Balaban J connectivity index is 0.000000161. The van der Waals surface area contributed by atoms with Crippen LogP contribution in [0.1, 0.15) is 11.1 Å². The molecular formula is C16H17ClN10O. The van der Waals surface area contributed by atoms with Gasteiger partial charge in [-0.05, 0) is 31.0 Å². The first-order valence-corrected chi connectivity index (χ1v) is 8.32. The van der Waals surface area contributed by atoms with E-state index in [0.29, 0.717) is 33.0 Å². The molecule has 0 aliphatic carbocycles. The lowest BCUT2D eigenvalue weighted by Gasteiger charge is -2.04.